The molecule has 18 heavy (non-hydrogen) atoms. The van der Waals surface area contributed by atoms with Gasteiger partial charge in [0.15, 0.2) is 0 Å². The van der Waals surface area contributed by atoms with E-state index < -0.39 is 0 Å². The monoisotopic (exact) mass is 249 g/mol. The van der Waals surface area contributed by atoms with Gasteiger partial charge in [-0.3, -0.25) is 4.79 Å². The van der Waals surface area contributed by atoms with Gasteiger partial charge in [0.25, 0.3) is 0 Å². The van der Waals surface area contributed by atoms with Crippen molar-refractivity contribution >= 4 is 5.91 Å². The zero-order chi connectivity index (χ0) is 12.4. The molecule has 1 unspecified atom stereocenters. The average molecular weight is 249 g/mol. The molecule has 1 aromatic heterocycles. The smallest absolute Gasteiger partial charge is 0.244 e. The predicted octanol–water partition coefficient (Wildman–Crippen LogP) is 0.0211. The first kappa shape index (κ1) is 11.6. The van der Waals surface area contributed by atoms with Gasteiger partial charge in [0.05, 0.1) is 6.20 Å². The number of aromatic nitrogens is 3. The minimum Gasteiger partial charge on any atom is -0.337 e. The molecule has 0 spiro atoms. The Balaban J connectivity index is 1.59. The van der Waals surface area contributed by atoms with E-state index in [4.69, 9.17) is 0 Å². The van der Waals surface area contributed by atoms with Crippen LogP contribution >= 0.6 is 0 Å². The van der Waals surface area contributed by atoms with E-state index in [2.05, 4.69) is 15.6 Å². The largest absolute Gasteiger partial charge is 0.337 e. The zero-order valence-corrected chi connectivity index (χ0v) is 10.5. The summed E-state index contributed by atoms with van der Waals surface area (Å²) >= 11 is 0. The molecule has 1 saturated heterocycles. The van der Waals surface area contributed by atoms with Crippen LogP contribution in [0.5, 0.6) is 0 Å². The van der Waals surface area contributed by atoms with Gasteiger partial charge >= 0.3 is 0 Å². The van der Waals surface area contributed by atoms with Crippen LogP contribution in [0.4, 0.5) is 0 Å². The summed E-state index contributed by atoms with van der Waals surface area (Å²) in [5, 5.41) is 11.0. The maximum atomic E-state index is 12.3. The standard InChI is InChI=1S/C12H19N5O/c18-12(9-16-7-6-14-15-16)17(11-3-4-11)8-10-2-1-5-13-10/h6-7,10-11,13H,1-5,8-9H2. The number of hydrogen-bond acceptors (Lipinski definition) is 4. The highest BCUT2D eigenvalue weighted by molar-refractivity contribution is 5.76. The van der Waals surface area contributed by atoms with E-state index >= 15 is 0 Å². The quantitative estimate of drug-likeness (QED) is 0.799. The summed E-state index contributed by atoms with van der Waals surface area (Å²) in [6, 6.07) is 0.939. The lowest BCUT2D eigenvalue weighted by Crippen LogP contribution is -2.43. The van der Waals surface area contributed by atoms with Gasteiger partial charge in [-0.2, -0.15) is 0 Å². The van der Waals surface area contributed by atoms with Gasteiger partial charge in [-0.15, -0.1) is 5.10 Å². The van der Waals surface area contributed by atoms with Gasteiger partial charge in [0.2, 0.25) is 5.91 Å². The maximum absolute atomic E-state index is 12.3. The molecular weight excluding hydrogens is 230 g/mol. The van der Waals surface area contributed by atoms with Crippen LogP contribution in [0.1, 0.15) is 25.7 Å². The number of nitrogens with one attached hydrogen (secondary N) is 1. The number of amides is 1. The van der Waals surface area contributed by atoms with Gasteiger partial charge in [-0.05, 0) is 32.2 Å². The summed E-state index contributed by atoms with van der Waals surface area (Å²) in [4.78, 5) is 14.3. The van der Waals surface area contributed by atoms with Crippen molar-refractivity contribution in [2.45, 2.75) is 44.3 Å². The maximum Gasteiger partial charge on any atom is 0.244 e. The molecule has 98 valence electrons. The lowest BCUT2D eigenvalue weighted by atomic mass is 10.2. The summed E-state index contributed by atoms with van der Waals surface area (Å²) in [6.45, 7) is 2.24. The third kappa shape index (κ3) is 2.69. The molecule has 1 amide bonds. The van der Waals surface area contributed by atoms with Crippen LogP contribution in [0.15, 0.2) is 12.4 Å². The molecule has 2 aliphatic rings. The fourth-order valence-electron chi connectivity index (χ4n) is 2.54. The summed E-state index contributed by atoms with van der Waals surface area (Å²) in [7, 11) is 0. The SMILES string of the molecule is O=C(Cn1ccnn1)N(CC1CCCN1)C1CC1. The van der Waals surface area contributed by atoms with Crippen molar-refractivity contribution in [1.82, 2.24) is 25.2 Å². The first-order valence-electron chi connectivity index (χ1n) is 6.70. The Hall–Kier alpha value is -1.43. The van der Waals surface area contributed by atoms with Crippen molar-refractivity contribution < 1.29 is 4.79 Å². The molecule has 3 rings (SSSR count). The Morgan fingerprint density at radius 3 is 2.94 bits per heavy atom. The predicted molar refractivity (Wildman–Crippen MR) is 65.8 cm³/mol. The second-order valence-electron chi connectivity index (χ2n) is 5.17. The minimum atomic E-state index is 0.164. The van der Waals surface area contributed by atoms with Crippen LogP contribution in [-0.2, 0) is 11.3 Å². The molecule has 1 atom stereocenters. The number of hydrogen-bond donors (Lipinski definition) is 1. The molecule has 2 fully saturated rings. The first-order valence-corrected chi connectivity index (χ1v) is 6.70. The normalized spacial score (nSPS) is 23.2. The lowest BCUT2D eigenvalue weighted by molar-refractivity contribution is -0.133. The van der Waals surface area contributed by atoms with Gasteiger partial charge in [-0.1, -0.05) is 5.21 Å². The molecule has 0 aromatic carbocycles. The summed E-state index contributed by atoms with van der Waals surface area (Å²) in [6.07, 6.45) is 8.04. The number of rotatable bonds is 5. The summed E-state index contributed by atoms with van der Waals surface area (Å²) < 4.78 is 1.60. The number of nitrogens with zero attached hydrogens (tertiary/aromatic N) is 4. The van der Waals surface area contributed by atoms with E-state index in [1.807, 2.05) is 4.90 Å². The molecular formula is C12H19N5O. The molecule has 1 aromatic rings. The Kier molecular flexibility index (Phi) is 3.27. The van der Waals surface area contributed by atoms with Crippen molar-refractivity contribution in [3.63, 3.8) is 0 Å². The van der Waals surface area contributed by atoms with Gasteiger partial charge in [0.1, 0.15) is 6.54 Å². The zero-order valence-electron chi connectivity index (χ0n) is 10.5. The van der Waals surface area contributed by atoms with Crippen LogP contribution in [0.2, 0.25) is 0 Å². The molecule has 1 N–H and O–H groups in total. The molecule has 1 aliphatic heterocycles. The van der Waals surface area contributed by atoms with Crippen molar-refractivity contribution in [3.05, 3.63) is 12.4 Å². The number of carbonyl (C=O) groups is 1. The fraction of sp³-hybridized carbons (Fsp3) is 0.750. The van der Waals surface area contributed by atoms with E-state index in [1.165, 1.54) is 12.8 Å². The van der Waals surface area contributed by atoms with E-state index in [0.29, 0.717) is 18.6 Å². The van der Waals surface area contributed by atoms with Crippen molar-refractivity contribution in [1.29, 1.82) is 0 Å². The highest BCUT2D eigenvalue weighted by Crippen LogP contribution is 2.28. The topological polar surface area (TPSA) is 63.1 Å². The number of carbonyl (C=O) groups excluding carboxylic acids is 1. The summed E-state index contributed by atoms with van der Waals surface area (Å²) in [5.41, 5.74) is 0. The molecule has 6 nitrogen and oxygen atoms in total. The minimum absolute atomic E-state index is 0.164. The van der Waals surface area contributed by atoms with Crippen molar-refractivity contribution in [2.24, 2.45) is 0 Å². The molecule has 0 bridgehead atoms. The third-order valence-corrected chi connectivity index (χ3v) is 3.66. The van der Waals surface area contributed by atoms with Crippen molar-refractivity contribution in [3.8, 4) is 0 Å². The second-order valence-corrected chi connectivity index (χ2v) is 5.17. The van der Waals surface area contributed by atoms with Crippen LogP contribution in [0.3, 0.4) is 0 Å². The highest BCUT2D eigenvalue weighted by Gasteiger charge is 2.34. The average Bonchev–Trinajstić information content (AvgIpc) is 2.87. The van der Waals surface area contributed by atoms with Gasteiger partial charge in [-0.25, -0.2) is 4.68 Å². The van der Waals surface area contributed by atoms with Gasteiger partial charge < -0.3 is 10.2 Å². The Bertz CT molecular complexity index is 395. The molecule has 1 saturated carbocycles. The van der Waals surface area contributed by atoms with E-state index in [0.717, 1.165) is 25.9 Å². The Morgan fingerprint density at radius 1 is 1.44 bits per heavy atom. The van der Waals surface area contributed by atoms with Crippen LogP contribution in [0, 0.1) is 0 Å². The fourth-order valence-corrected chi connectivity index (χ4v) is 2.54. The summed E-state index contributed by atoms with van der Waals surface area (Å²) in [5.74, 6) is 0.164. The Morgan fingerprint density at radius 2 is 2.33 bits per heavy atom. The third-order valence-electron chi connectivity index (χ3n) is 3.66. The van der Waals surface area contributed by atoms with E-state index in [9.17, 15) is 4.79 Å². The second kappa shape index (κ2) is 5.06. The van der Waals surface area contributed by atoms with E-state index in [-0.39, 0.29) is 5.91 Å². The molecule has 1 aliphatic carbocycles. The van der Waals surface area contributed by atoms with Crippen molar-refractivity contribution in [2.75, 3.05) is 13.1 Å². The van der Waals surface area contributed by atoms with Crippen LogP contribution in [-0.4, -0.2) is 51.0 Å². The van der Waals surface area contributed by atoms with Crippen LogP contribution in [0.25, 0.3) is 0 Å². The lowest BCUT2D eigenvalue weighted by Gasteiger charge is -2.25. The Labute approximate surface area is 106 Å². The first-order chi connectivity index (χ1) is 8.83. The molecule has 6 heteroatoms. The van der Waals surface area contributed by atoms with Crippen LogP contribution < -0.4 is 5.32 Å². The van der Waals surface area contributed by atoms with Gasteiger partial charge in [0, 0.05) is 24.8 Å². The van der Waals surface area contributed by atoms with E-state index in [1.54, 1.807) is 17.1 Å². The highest BCUT2D eigenvalue weighted by atomic mass is 16.2. The molecule has 0 radical (unpaired) electrons. The molecule has 2 heterocycles.